The molecule has 0 bridgehead atoms. The quantitative estimate of drug-likeness (QED) is 0.377. The van der Waals surface area contributed by atoms with Gasteiger partial charge in [0.15, 0.2) is 0 Å². The average Bonchev–Trinajstić information content (AvgIpc) is 2.59. The largest absolute Gasteiger partial charge is 0.0871 e. The normalized spacial score (nSPS) is 19.9. The van der Waals surface area contributed by atoms with Crippen LogP contribution in [-0.2, 0) is 0 Å². The lowest BCUT2D eigenvalue weighted by Gasteiger charge is -2.32. The van der Waals surface area contributed by atoms with E-state index in [1.54, 1.807) is 5.57 Å². The summed E-state index contributed by atoms with van der Waals surface area (Å²) in [6.45, 7) is 15.7. The molecule has 0 heteroatoms. The van der Waals surface area contributed by atoms with Crippen molar-refractivity contribution >= 4 is 0 Å². The number of unbranched alkanes of at least 4 members (excludes halogenated alkanes) is 1. The SMILES string of the molecule is C\C=C/C(/C=C/C=C(C)/C=C/C1=C(C)CCCC1(C)C)=C\C(C)=C\CCC. The molecule has 0 aromatic carbocycles. The van der Waals surface area contributed by atoms with Gasteiger partial charge in [-0.3, -0.25) is 0 Å². The smallest absolute Gasteiger partial charge is 0.0104 e. The lowest BCUT2D eigenvalue weighted by molar-refractivity contribution is 0.377. The Bertz CT molecular complexity index is 682. The van der Waals surface area contributed by atoms with Crippen LogP contribution in [0.3, 0.4) is 0 Å². The van der Waals surface area contributed by atoms with E-state index in [1.807, 2.05) is 0 Å². The van der Waals surface area contributed by atoms with E-state index >= 15 is 0 Å². The Labute approximate surface area is 168 Å². The van der Waals surface area contributed by atoms with Gasteiger partial charge in [-0.05, 0) is 69.9 Å². The molecule has 0 N–H and O–H groups in total. The topological polar surface area (TPSA) is 0 Å². The molecule has 0 nitrogen and oxygen atoms in total. The molecule has 148 valence electrons. The molecule has 1 rings (SSSR count). The second-order valence-electron chi connectivity index (χ2n) is 8.42. The predicted octanol–water partition coefficient (Wildman–Crippen LogP) is 8.82. The van der Waals surface area contributed by atoms with Gasteiger partial charge in [-0.15, -0.1) is 0 Å². The van der Waals surface area contributed by atoms with Crippen LogP contribution in [0.1, 0.15) is 80.6 Å². The third kappa shape index (κ3) is 8.61. The Balaban J connectivity index is 2.88. The van der Waals surface area contributed by atoms with Crippen molar-refractivity contribution < 1.29 is 0 Å². The molecule has 0 fully saturated rings. The summed E-state index contributed by atoms with van der Waals surface area (Å²) in [6.07, 6.45) is 26.2. The first-order chi connectivity index (χ1) is 12.8. The number of hydrogen-bond acceptors (Lipinski definition) is 0. The van der Waals surface area contributed by atoms with Crippen LogP contribution in [0.5, 0.6) is 0 Å². The maximum absolute atomic E-state index is 2.37. The molecule has 0 aliphatic heterocycles. The van der Waals surface area contributed by atoms with Gasteiger partial charge in [0.1, 0.15) is 0 Å². The van der Waals surface area contributed by atoms with Crippen LogP contribution in [0.2, 0.25) is 0 Å². The summed E-state index contributed by atoms with van der Waals surface area (Å²) < 4.78 is 0. The van der Waals surface area contributed by atoms with Gasteiger partial charge in [-0.2, -0.15) is 0 Å². The third-order valence-corrected chi connectivity index (χ3v) is 5.21. The van der Waals surface area contributed by atoms with Crippen LogP contribution in [0, 0.1) is 5.41 Å². The second kappa shape index (κ2) is 11.8. The Morgan fingerprint density at radius 2 is 1.81 bits per heavy atom. The van der Waals surface area contributed by atoms with Gasteiger partial charge in [0.25, 0.3) is 0 Å². The van der Waals surface area contributed by atoms with E-state index < -0.39 is 0 Å². The van der Waals surface area contributed by atoms with Gasteiger partial charge in [0.05, 0.1) is 0 Å². The molecule has 0 aromatic heterocycles. The number of allylic oxidation sites excluding steroid dienone is 14. The predicted molar refractivity (Wildman–Crippen MR) is 124 cm³/mol. The zero-order valence-corrected chi connectivity index (χ0v) is 18.7. The van der Waals surface area contributed by atoms with Gasteiger partial charge in [0.2, 0.25) is 0 Å². The minimum Gasteiger partial charge on any atom is -0.0871 e. The van der Waals surface area contributed by atoms with Gasteiger partial charge in [-0.25, -0.2) is 0 Å². The van der Waals surface area contributed by atoms with Crippen LogP contribution in [-0.4, -0.2) is 0 Å². The molecule has 0 atom stereocenters. The number of rotatable bonds is 8. The van der Waals surface area contributed by atoms with E-state index in [0.29, 0.717) is 5.41 Å². The van der Waals surface area contributed by atoms with Crippen molar-refractivity contribution in [3.63, 3.8) is 0 Å². The molecule has 1 aliphatic carbocycles. The van der Waals surface area contributed by atoms with Crippen molar-refractivity contribution in [2.75, 3.05) is 0 Å². The molecule has 0 aromatic rings. The van der Waals surface area contributed by atoms with Crippen molar-refractivity contribution in [1.82, 2.24) is 0 Å². The highest BCUT2D eigenvalue weighted by Gasteiger charge is 2.26. The molecule has 27 heavy (non-hydrogen) atoms. The third-order valence-electron chi connectivity index (χ3n) is 5.21. The Morgan fingerprint density at radius 3 is 2.44 bits per heavy atom. The van der Waals surface area contributed by atoms with E-state index in [-0.39, 0.29) is 0 Å². The van der Waals surface area contributed by atoms with Crippen molar-refractivity contribution in [2.45, 2.75) is 80.6 Å². The first-order valence-corrected chi connectivity index (χ1v) is 10.5. The van der Waals surface area contributed by atoms with E-state index in [1.165, 1.54) is 48.0 Å². The van der Waals surface area contributed by atoms with Gasteiger partial charge in [0, 0.05) is 0 Å². The van der Waals surface area contributed by atoms with E-state index in [9.17, 15) is 0 Å². The lowest BCUT2D eigenvalue weighted by atomic mass is 9.72. The minimum atomic E-state index is 0.305. The fraction of sp³-hybridized carbons (Fsp3) is 0.481. The molecule has 0 radical (unpaired) electrons. The van der Waals surface area contributed by atoms with Crippen molar-refractivity contribution in [3.05, 3.63) is 82.5 Å². The molecular weight excluding hydrogens is 324 g/mol. The van der Waals surface area contributed by atoms with E-state index in [4.69, 9.17) is 0 Å². The summed E-state index contributed by atoms with van der Waals surface area (Å²) in [7, 11) is 0. The Kier molecular flexibility index (Phi) is 10.1. The Morgan fingerprint density at radius 1 is 1.07 bits per heavy atom. The lowest BCUT2D eigenvalue weighted by Crippen LogP contribution is -2.19. The molecule has 0 spiro atoms. The van der Waals surface area contributed by atoms with Crippen molar-refractivity contribution in [3.8, 4) is 0 Å². The fourth-order valence-electron chi connectivity index (χ4n) is 3.63. The summed E-state index contributed by atoms with van der Waals surface area (Å²) in [4.78, 5) is 0. The zero-order chi connectivity index (χ0) is 20.3. The molecule has 0 saturated heterocycles. The molecule has 0 unspecified atom stereocenters. The van der Waals surface area contributed by atoms with Crippen LogP contribution >= 0.6 is 0 Å². The van der Waals surface area contributed by atoms with E-state index in [2.05, 4.69) is 103 Å². The molecule has 0 amide bonds. The minimum absolute atomic E-state index is 0.305. The number of hydrogen-bond donors (Lipinski definition) is 0. The maximum atomic E-state index is 2.37. The zero-order valence-electron chi connectivity index (χ0n) is 18.7. The highest BCUT2D eigenvalue weighted by Crippen LogP contribution is 2.40. The molecular formula is C27H40. The fourth-order valence-corrected chi connectivity index (χ4v) is 3.63. The summed E-state index contributed by atoms with van der Waals surface area (Å²) in [5.74, 6) is 0. The highest BCUT2D eigenvalue weighted by molar-refractivity contribution is 5.40. The second-order valence-corrected chi connectivity index (χ2v) is 8.42. The molecule has 0 heterocycles. The standard InChI is InChI=1S/C27H40/c1-8-10-14-23(4)21-25(13-9-2)17-11-15-22(3)18-19-26-24(5)16-12-20-27(26,6)7/h9,11,13-15,17-19,21H,8,10,12,16,20H2,1-7H3/b13-9-,17-11+,19-18+,22-15+,23-14+,25-21+. The van der Waals surface area contributed by atoms with Crippen LogP contribution < -0.4 is 0 Å². The summed E-state index contributed by atoms with van der Waals surface area (Å²) in [5.41, 5.74) is 7.24. The van der Waals surface area contributed by atoms with Crippen molar-refractivity contribution in [2.24, 2.45) is 5.41 Å². The van der Waals surface area contributed by atoms with Gasteiger partial charge < -0.3 is 0 Å². The van der Waals surface area contributed by atoms with Gasteiger partial charge in [-0.1, -0.05) is 98.6 Å². The van der Waals surface area contributed by atoms with Crippen LogP contribution in [0.25, 0.3) is 0 Å². The monoisotopic (exact) mass is 364 g/mol. The van der Waals surface area contributed by atoms with Crippen molar-refractivity contribution in [1.29, 1.82) is 0 Å². The first-order valence-electron chi connectivity index (χ1n) is 10.5. The first kappa shape index (κ1) is 23.2. The van der Waals surface area contributed by atoms with E-state index in [0.717, 1.165) is 6.42 Å². The molecule has 1 aliphatic rings. The maximum Gasteiger partial charge on any atom is -0.0104 e. The van der Waals surface area contributed by atoms with Crippen LogP contribution in [0.15, 0.2) is 82.5 Å². The highest BCUT2D eigenvalue weighted by atomic mass is 14.3. The average molecular weight is 365 g/mol. The Hall–Kier alpha value is -1.82. The summed E-state index contributed by atoms with van der Waals surface area (Å²) in [6, 6.07) is 0. The summed E-state index contributed by atoms with van der Waals surface area (Å²) in [5, 5.41) is 0. The molecule has 0 saturated carbocycles. The van der Waals surface area contributed by atoms with Gasteiger partial charge >= 0.3 is 0 Å². The summed E-state index contributed by atoms with van der Waals surface area (Å²) >= 11 is 0. The van der Waals surface area contributed by atoms with Crippen LogP contribution in [0.4, 0.5) is 0 Å².